The van der Waals surface area contributed by atoms with Crippen LogP contribution < -0.4 is 5.32 Å². The molecular weight excluding hydrogens is 278 g/mol. The van der Waals surface area contributed by atoms with Gasteiger partial charge in [-0.3, -0.25) is 4.79 Å². The molecule has 1 saturated carbocycles. The first-order valence-corrected chi connectivity index (χ1v) is 7.92. The molecule has 1 aromatic carbocycles. The zero-order valence-corrected chi connectivity index (χ0v) is 12.2. The SMILES string of the molecule is O=C(NC1CCCCC1)c1cc2ccc(Cl)cc2s1. The van der Waals surface area contributed by atoms with Crippen molar-refractivity contribution < 1.29 is 4.79 Å². The van der Waals surface area contributed by atoms with E-state index in [9.17, 15) is 4.79 Å². The van der Waals surface area contributed by atoms with Crippen molar-refractivity contribution in [2.75, 3.05) is 0 Å². The highest BCUT2D eigenvalue weighted by Gasteiger charge is 2.18. The molecule has 0 bridgehead atoms. The van der Waals surface area contributed by atoms with Crippen LogP contribution in [0.15, 0.2) is 24.3 Å². The van der Waals surface area contributed by atoms with Crippen LogP contribution in [0.4, 0.5) is 0 Å². The van der Waals surface area contributed by atoms with Crippen LogP contribution in [0.5, 0.6) is 0 Å². The molecule has 0 aliphatic heterocycles. The fourth-order valence-corrected chi connectivity index (χ4v) is 3.86. The predicted octanol–water partition coefficient (Wildman–Crippen LogP) is 4.62. The number of carbonyl (C=O) groups excluding carboxylic acids is 1. The van der Waals surface area contributed by atoms with Gasteiger partial charge in [-0.15, -0.1) is 11.3 Å². The van der Waals surface area contributed by atoms with Gasteiger partial charge < -0.3 is 5.32 Å². The van der Waals surface area contributed by atoms with Gasteiger partial charge in [-0.2, -0.15) is 0 Å². The van der Waals surface area contributed by atoms with Crippen LogP contribution in [0.25, 0.3) is 10.1 Å². The Morgan fingerprint density at radius 2 is 2.00 bits per heavy atom. The lowest BCUT2D eigenvalue weighted by Gasteiger charge is -2.22. The Bertz CT molecular complexity index is 601. The maximum atomic E-state index is 12.2. The van der Waals surface area contributed by atoms with E-state index in [1.807, 2.05) is 24.3 Å². The third-order valence-electron chi connectivity index (χ3n) is 3.65. The summed E-state index contributed by atoms with van der Waals surface area (Å²) in [6, 6.07) is 8.05. The first kappa shape index (κ1) is 12.9. The molecule has 100 valence electrons. The Labute approximate surface area is 121 Å². The van der Waals surface area contributed by atoms with Gasteiger partial charge in [-0.25, -0.2) is 0 Å². The van der Waals surface area contributed by atoms with Crippen LogP contribution in [0.3, 0.4) is 0 Å². The summed E-state index contributed by atoms with van der Waals surface area (Å²) in [4.78, 5) is 13.0. The van der Waals surface area contributed by atoms with E-state index in [-0.39, 0.29) is 5.91 Å². The van der Waals surface area contributed by atoms with Crippen molar-refractivity contribution in [2.45, 2.75) is 38.1 Å². The summed E-state index contributed by atoms with van der Waals surface area (Å²) in [5, 5.41) is 4.95. The zero-order chi connectivity index (χ0) is 13.2. The van der Waals surface area contributed by atoms with Crippen molar-refractivity contribution in [3.8, 4) is 0 Å². The van der Waals surface area contributed by atoms with E-state index in [0.29, 0.717) is 11.1 Å². The minimum absolute atomic E-state index is 0.0595. The molecule has 0 atom stereocenters. The second kappa shape index (κ2) is 5.51. The van der Waals surface area contributed by atoms with Gasteiger partial charge in [0.15, 0.2) is 0 Å². The molecule has 2 nitrogen and oxygen atoms in total. The van der Waals surface area contributed by atoms with Crippen LogP contribution in [0.2, 0.25) is 5.02 Å². The van der Waals surface area contributed by atoms with Crippen molar-refractivity contribution in [2.24, 2.45) is 0 Å². The predicted molar refractivity (Wildman–Crippen MR) is 81.2 cm³/mol. The standard InChI is InChI=1S/C15H16ClNOS/c16-11-7-6-10-8-14(19-13(10)9-11)15(18)17-12-4-2-1-3-5-12/h6-9,12H,1-5H2,(H,17,18). The molecular formula is C15H16ClNOS. The van der Waals surface area contributed by atoms with Crippen LogP contribution in [-0.4, -0.2) is 11.9 Å². The molecule has 0 saturated heterocycles. The molecule has 0 spiro atoms. The first-order valence-electron chi connectivity index (χ1n) is 6.72. The van der Waals surface area contributed by atoms with E-state index in [1.54, 1.807) is 0 Å². The third-order valence-corrected chi connectivity index (χ3v) is 4.98. The van der Waals surface area contributed by atoms with E-state index < -0.39 is 0 Å². The van der Waals surface area contributed by atoms with E-state index >= 15 is 0 Å². The molecule has 1 aromatic heterocycles. The fourth-order valence-electron chi connectivity index (χ4n) is 2.62. The maximum Gasteiger partial charge on any atom is 0.261 e. The molecule has 1 N–H and O–H groups in total. The lowest BCUT2D eigenvalue weighted by Crippen LogP contribution is -2.35. The van der Waals surface area contributed by atoms with Crippen LogP contribution in [0, 0.1) is 0 Å². The first-order chi connectivity index (χ1) is 9.22. The van der Waals surface area contributed by atoms with Gasteiger partial charge in [0.2, 0.25) is 0 Å². The Hall–Kier alpha value is -1.06. The monoisotopic (exact) mass is 293 g/mol. The van der Waals surface area contributed by atoms with Crippen LogP contribution in [-0.2, 0) is 0 Å². The summed E-state index contributed by atoms with van der Waals surface area (Å²) in [6.07, 6.45) is 5.98. The summed E-state index contributed by atoms with van der Waals surface area (Å²) in [5.41, 5.74) is 0. The number of hydrogen-bond acceptors (Lipinski definition) is 2. The van der Waals surface area contributed by atoms with E-state index in [4.69, 9.17) is 11.6 Å². The third kappa shape index (κ3) is 2.93. The molecule has 1 fully saturated rings. The van der Waals surface area contributed by atoms with E-state index in [0.717, 1.165) is 27.8 Å². The van der Waals surface area contributed by atoms with Crippen molar-refractivity contribution in [1.29, 1.82) is 0 Å². The summed E-state index contributed by atoms with van der Waals surface area (Å²) >= 11 is 7.48. The number of rotatable bonds is 2. The molecule has 3 rings (SSSR count). The lowest BCUT2D eigenvalue weighted by molar-refractivity contribution is 0.0932. The highest BCUT2D eigenvalue weighted by molar-refractivity contribution is 7.20. The molecule has 4 heteroatoms. The van der Waals surface area contributed by atoms with Crippen LogP contribution in [0.1, 0.15) is 41.8 Å². The van der Waals surface area contributed by atoms with Gasteiger partial charge in [0.05, 0.1) is 4.88 Å². The van der Waals surface area contributed by atoms with E-state index in [1.165, 1.54) is 30.6 Å². The molecule has 0 radical (unpaired) electrons. The fraction of sp³-hybridized carbons (Fsp3) is 0.400. The number of fused-ring (bicyclic) bond motifs is 1. The number of halogens is 1. The average molecular weight is 294 g/mol. The molecule has 1 aliphatic rings. The molecule has 1 aliphatic carbocycles. The van der Waals surface area contributed by atoms with Crippen LogP contribution >= 0.6 is 22.9 Å². The second-order valence-electron chi connectivity index (χ2n) is 5.10. The molecule has 1 amide bonds. The summed E-state index contributed by atoms with van der Waals surface area (Å²) in [7, 11) is 0. The number of carbonyl (C=O) groups is 1. The quantitative estimate of drug-likeness (QED) is 0.860. The lowest BCUT2D eigenvalue weighted by atomic mass is 9.95. The Morgan fingerprint density at radius 3 is 2.79 bits per heavy atom. The van der Waals surface area contributed by atoms with Gasteiger partial charge in [-0.1, -0.05) is 36.9 Å². The summed E-state index contributed by atoms with van der Waals surface area (Å²) in [5.74, 6) is 0.0595. The zero-order valence-electron chi connectivity index (χ0n) is 10.6. The van der Waals surface area contributed by atoms with Gasteiger partial charge >= 0.3 is 0 Å². The van der Waals surface area contributed by atoms with E-state index in [2.05, 4.69) is 5.32 Å². The van der Waals surface area contributed by atoms with Gasteiger partial charge in [0, 0.05) is 15.8 Å². The highest BCUT2D eigenvalue weighted by atomic mass is 35.5. The minimum atomic E-state index is 0.0595. The number of nitrogens with one attached hydrogen (secondary N) is 1. The average Bonchev–Trinajstić information content (AvgIpc) is 2.83. The smallest absolute Gasteiger partial charge is 0.261 e. The summed E-state index contributed by atoms with van der Waals surface area (Å²) < 4.78 is 1.07. The largest absolute Gasteiger partial charge is 0.349 e. The van der Waals surface area contributed by atoms with Gasteiger partial charge in [-0.05, 0) is 36.4 Å². The normalized spacial score (nSPS) is 16.7. The molecule has 1 heterocycles. The summed E-state index contributed by atoms with van der Waals surface area (Å²) in [6.45, 7) is 0. The number of benzene rings is 1. The highest BCUT2D eigenvalue weighted by Crippen LogP contribution is 2.28. The molecule has 0 unspecified atom stereocenters. The Kier molecular flexibility index (Phi) is 3.76. The maximum absolute atomic E-state index is 12.2. The Morgan fingerprint density at radius 1 is 1.21 bits per heavy atom. The van der Waals surface area contributed by atoms with Gasteiger partial charge in [0.1, 0.15) is 0 Å². The second-order valence-corrected chi connectivity index (χ2v) is 6.62. The topological polar surface area (TPSA) is 29.1 Å². The van der Waals surface area contributed by atoms with Crippen molar-refractivity contribution in [1.82, 2.24) is 5.32 Å². The van der Waals surface area contributed by atoms with Crippen molar-refractivity contribution in [3.05, 3.63) is 34.2 Å². The van der Waals surface area contributed by atoms with Crippen molar-refractivity contribution in [3.63, 3.8) is 0 Å². The number of amides is 1. The number of thiophene rings is 1. The Balaban J connectivity index is 1.77. The molecule has 2 aromatic rings. The number of hydrogen-bond donors (Lipinski definition) is 1. The van der Waals surface area contributed by atoms with Gasteiger partial charge in [0.25, 0.3) is 5.91 Å². The van der Waals surface area contributed by atoms with Crippen molar-refractivity contribution >= 4 is 38.9 Å². The minimum Gasteiger partial charge on any atom is -0.349 e. The molecule has 19 heavy (non-hydrogen) atoms.